The molecule has 1 aromatic carbocycles. The van der Waals surface area contributed by atoms with Gasteiger partial charge in [0.25, 0.3) is 0 Å². The largest absolute Gasteiger partial charge is 0.300 e. The number of nitrogens with one attached hydrogen (secondary N) is 1. The summed E-state index contributed by atoms with van der Waals surface area (Å²) in [6, 6.07) is 9.79. The van der Waals surface area contributed by atoms with Crippen molar-refractivity contribution in [3.63, 3.8) is 0 Å². The van der Waals surface area contributed by atoms with E-state index in [1.807, 2.05) is 36.4 Å². The van der Waals surface area contributed by atoms with Crippen molar-refractivity contribution in [2.75, 3.05) is 0 Å². The van der Waals surface area contributed by atoms with E-state index in [0.717, 1.165) is 18.4 Å². The molecule has 0 heterocycles. The van der Waals surface area contributed by atoms with Crippen LogP contribution < -0.4 is 0 Å². The molecular weight excluding hydrogens is 158 g/mol. The molecule has 0 bridgehead atoms. The van der Waals surface area contributed by atoms with Crippen molar-refractivity contribution >= 4 is 5.71 Å². The molecule has 1 rings (SSSR count). The van der Waals surface area contributed by atoms with Crippen LogP contribution in [0.2, 0.25) is 0 Å². The van der Waals surface area contributed by atoms with Crippen LogP contribution in [0.4, 0.5) is 0 Å². The third-order valence-electron chi connectivity index (χ3n) is 1.82. The Morgan fingerprint density at radius 2 is 2.00 bits per heavy atom. The summed E-state index contributed by atoms with van der Waals surface area (Å²) in [5.74, 6) is 0. The van der Waals surface area contributed by atoms with Gasteiger partial charge in [-0.2, -0.15) is 0 Å². The first kappa shape index (κ1) is 9.72. The second-order valence-electron chi connectivity index (χ2n) is 2.97. The van der Waals surface area contributed by atoms with E-state index in [1.165, 1.54) is 0 Å². The lowest BCUT2D eigenvalue weighted by Crippen LogP contribution is -1.92. The van der Waals surface area contributed by atoms with Gasteiger partial charge in [0.05, 0.1) is 5.71 Å². The average Bonchev–Trinajstić information content (AvgIpc) is 2.19. The molecule has 1 N–H and O–H groups in total. The van der Waals surface area contributed by atoms with Gasteiger partial charge in [0.1, 0.15) is 0 Å². The van der Waals surface area contributed by atoms with Crippen molar-refractivity contribution in [1.29, 1.82) is 5.41 Å². The Bertz CT molecular complexity index is 285. The molecule has 0 spiro atoms. The summed E-state index contributed by atoms with van der Waals surface area (Å²) in [6.07, 6.45) is 6.11. The minimum Gasteiger partial charge on any atom is -0.300 e. The molecule has 0 unspecified atom stereocenters. The highest BCUT2D eigenvalue weighted by Gasteiger charge is 1.93. The van der Waals surface area contributed by atoms with Gasteiger partial charge < -0.3 is 5.41 Å². The van der Waals surface area contributed by atoms with Crippen LogP contribution in [0.5, 0.6) is 0 Å². The van der Waals surface area contributed by atoms with E-state index in [9.17, 15) is 0 Å². The van der Waals surface area contributed by atoms with Gasteiger partial charge in [-0.25, -0.2) is 0 Å². The summed E-state index contributed by atoms with van der Waals surface area (Å²) in [4.78, 5) is 0. The molecular formula is C12H15N. The molecule has 0 aliphatic heterocycles. The van der Waals surface area contributed by atoms with E-state index in [1.54, 1.807) is 0 Å². The van der Waals surface area contributed by atoms with Crippen LogP contribution in [0, 0.1) is 5.41 Å². The Balaban J connectivity index is 2.59. The normalized spacial score (nSPS) is 10.5. The molecule has 0 aromatic heterocycles. The summed E-state index contributed by atoms with van der Waals surface area (Å²) in [6.45, 7) is 2.14. The second kappa shape index (κ2) is 5.31. The summed E-state index contributed by atoms with van der Waals surface area (Å²) < 4.78 is 0. The fourth-order valence-electron chi connectivity index (χ4n) is 1.08. The van der Waals surface area contributed by atoms with Crippen LogP contribution in [0.25, 0.3) is 0 Å². The van der Waals surface area contributed by atoms with Gasteiger partial charge in [-0.05, 0) is 18.1 Å². The minimum atomic E-state index is 0.592. The SMILES string of the molecule is CCC/C=C/C(=N)c1ccccc1. The van der Waals surface area contributed by atoms with E-state index in [2.05, 4.69) is 13.0 Å². The van der Waals surface area contributed by atoms with E-state index >= 15 is 0 Å². The third-order valence-corrected chi connectivity index (χ3v) is 1.82. The number of allylic oxidation sites excluding steroid dienone is 2. The lowest BCUT2D eigenvalue weighted by Gasteiger charge is -1.96. The average molecular weight is 173 g/mol. The second-order valence-corrected chi connectivity index (χ2v) is 2.97. The quantitative estimate of drug-likeness (QED) is 0.675. The van der Waals surface area contributed by atoms with E-state index in [4.69, 9.17) is 5.41 Å². The van der Waals surface area contributed by atoms with Gasteiger partial charge in [0, 0.05) is 0 Å². The lowest BCUT2D eigenvalue weighted by atomic mass is 10.1. The number of rotatable bonds is 4. The molecule has 68 valence electrons. The highest BCUT2D eigenvalue weighted by molar-refractivity contribution is 6.06. The van der Waals surface area contributed by atoms with Gasteiger partial charge in [-0.15, -0.1) is 0 Å². The molecule has 0 aliphatic rings. The molecule has 0 fully saturated rings. The number of hydrogen-bond donors (Lipinski definition) is 1. The Morgan fingerprint density at radius 1 is 1.31 bits per heavy atom. The summed E-state index contributed by atoms with van der Waals surface area (Å²) >= 11 is 0. The van der Waals surface area contributed by atoms with Gasteiger partial charge in [-0.3, -0.25) is 0 Å². The standard InChI is InChI=1S/C12H15N/c1-2-3-5-10-12(13)11-8-6-4-7-9-11/h4-10,13H,2-3H2,1H3/b10-5+,13-12?. The topological polar surface area (TPSA) is 23.9 Å². The lowest BCUT2D eigenvalue weighted by molar-refractivity contribution is 0.959. The molecule has 1 heteroatoms. The van der Waals surface area contributed by atoms with Gasteiger partial charge in [-0.1, -0.05) is 49.8 Å². The van der Waals surface area contributed by atoms with Crippen molar-refractivity contribution < 1.29 is 0 Å². The molecule has 0 amide bonds. The van der Waals surface area contributed by atoms with Crippen molar-refractivity contribution in [3.05, 3.63) is 48.0 Å². The molecule has 1 aromatic rings. The molecule has 0 aliphatic carbocycles. The first-order valence-corrected chi connectivity index (χ1v) is 4.65. The highest BCUT2D eigenvalue weighted by Crippen LogP contribution is 2.01. The Hall–Kier alpha value is -1.37. The summed E-state index contributed by atoms with van der Waals surface area (Å²) in [5.41, 5.74) is 1.57. The van der Waals surface area contributed by atoms with Crippen LogP contribution >= 0.6 is 0 Å². The Kier molecular flexibility index (Phi) is 3.97. The first-order chi connectivity index (χ1) is 6.34. The maximum absolute atomic E-state index is 7.72. The van der Waals surface area contributed by atoms with E-state index < -0.39 is 0 Å². The maximum Gasteiger partial charge on any atom is 0.0609 e. The van der Waals surface area contributed by atoms with Crippen LogP contribution in [-0.4, -0.2) is 5.71 Å². The van der Waals surface area contributed by atoms with Crippen LogP contribution in [0.1, 0.15) is 25.3 Å². The molecule has 1 nitrogen and oxygen atoms in total. The molecule has 0 saturated carbocycles. The van der Waals surface area contributed by atoms with Gasteiger partial charge in [0.15, 0.2) is 0 Å². The minimum absolute atomic E-state index is 0.592. The number of benzene rings is 1. The third kappa shape index (κ3) is 3.24. The first-order valence-electron chi connectivity index (χ1n) is 4.65. The zero-order valence-corrected chi connectivity index (χ0v) is 7.96. The molecule has 0 atom stereocenters. The monoisotopic (exact) mass is 173 g/mol. The molecule has 0 saturated heterocycles. The highest BCUT2D eigenvalue weighted by atomic mass is 14.4. The Morgan fingerprint density at radius 3 is 2.62 bits per heavy atom. The van der Waals surface area contributed by atoms with Gasteiger partial charge in [0.2, 0.25) is 0 Å². The summed E-state index contributed by atoms with van der Waals surface area (Å²) in [5, 5.41) is 7.72. The zero-order valence-electron chi connectivity index (χ0n) is 7.96. The van der Waals surface area contributed by atoms with E-state index in [-0.39, 0.29) is 0 Å². The van der Waals surface area contributed by atoms with Crippen molar-refractivity contribution in [1.82, 2.24) is 0 Å². The molecule has 0 radical (unpaired) electrons. The number of unbranched alkanes of at least 4 members (excludes halogenated alkanes) is 1. The molecule has 13 heavy (non-hydrogen) atoms. The Labute approximate surface area is 79.6 Å². The van der Waals surface area contributed by atoms with Gasteiger partial charge >= 0.3 is 0 Å². The smallest absolute Gasteiger partial charge is 0.0609 e. The predicted octanol–water partition coefficient (Wildman–Crippen LogP) is 3.41. The fraction of sp³-hybridized carbons (Fsp3) is 0.250. The van der Waals surface area contributed by atoms with Crippen LogP contribution in [0.3, 0.4) is 0 Å². The zero-order chi connectivity index (χ0) is 9.52. The summed E-state index contributed by atoms with van der Waals surface area (Å²) in [7, 11) is 0. The number of hydrogen-bond acceptors (Lipinski definition) is 1. The maximum atomic E-state index is 7.72. The van der Waals surface area contributed by atoms with Crippen molar-refractivity contribution in [2.45, 2.75) is 19.8 Å². The van der Waals surface area contributed by atoms with Crippen molar-refractivity contribution in [2.24, 2.45) is 0 Å². The van der Waals surface area contributed by atoms with Crippen molar-refractivity contribution in [3.8, 4) is 0 Å². The van der Waals surface area contributed by atoms with E-state index in [0.29, 0.717) is 5.71 Å². The predicted molar refractivity (Wildman–Crippen MR) is 57.3 cm³/mol. The van der Waals surface area contributed by atoms with Crippen LogP contribution in [0.15, 0.2) is 42.5 Å². The van der Waals surface area contributed by atoms with Crippen LogP contribution in [-0.2, 0) is 0 Å². The fourth-order valence-corrected chi connectivity index (χ4v) is 1.08.